The van der Waals surface area contributed by atoms with Gasteiger partial charge < -0.3 is 9.47 Å². The average Bonchev–Trinajstić information content (AvgIpc) is 2.81. The molecule has 0 aromatic carbocycles. The van der Waals surface area contributed by atoms with Crippen LogP contribution in [0.4, 0.5) is 8.78 Å². The monoisotopic (exact) mass is 470 g/mol. The summed E-state index contributed by atoms with van der Waals surface area (Å²) in [7, 11) is 0. The molecule has 5 unspecified atom stereocenters. The van der Waals surface area contributed by atoms with Crippen molar-refractivity contribution in [3.63, 3.8) is 0 Å². The fraction of sp³-hybridized carbons (Fsp3) is 1.00. The summed E-state index contributed by atoms with van der Waals surface area (Å²) < 4.78 is 41.6. The third kappa shape index (κ3) is 9.06. The van der Waals surface area contributed by atoms with Crippen LogP contribution in [0.15, 0.2) is 0 Å². The molecule has 3 saturated carbocycles. The van der Waals surface area contributed by atoms with Crippen molar-refractivity contribution in [3.8, 4) is 0 Å². The van der Waals surface area contributed by atoms with Crippen molar-refractivity contribution in [1.82, 2.24) is 0 Å². The first-order valence-corrected chi connectivity index (χ1v) is 14.5. The molecular weight excluding hydrogens is 418 g/mol. The third-order valence-electron chi connectivity index (χ3n) is 9.03. The number of hydrogen-bond acceptors (Lipinski definition) is 2. The van der Waals surface area contributed by atoms with E-state index < -0.39 is 24.6 Å². The van der Waals surface area contributed by atoms with Gasteiger partial charge in [-0.3, -0.25) is 0 Å². The van der Waals surface area contributed by atoms with Gasteiger partial charge in [-0.05, 0) is 68.1 Å². The molecule has 0 aliphatic heterocycles. The summed E-state index contributed by atoms with van der Waals surface area (Å²) in [6.45, 7) is 8.06. The third-order valence-corrected chi connectivity index (χ3v) is 9.03. The molecule has 5 atom stereocenters. The molecule has 0 heterocycles. The molecule has 0 radical (unpaired) electrons. The Bertz CT molecular complexity index is 514. The molecule has 2 nitrogen and oxygen atoms in total. The minimum absolute atomic E-state index is 0.477. The Morgan fingerprint density at radius 3 is 1.82 bits per heavy atom. The highest BCUT2D eigenvalue weighted by Gasteiger charge is 2.42. The molecule has 3 rings (SSSR count). The molecule has 0 aromatic rings. The van der Waals surface area contributed by atoms with Gasteiger partial charge in [-0.1, -0.05) is 78.6 Å². The minimum atomic E-state index is -1.55. The van der Waals surface area contributed by atoms with Crippen LogP contribution in [0, 0.1) is 29.6 Å². The van der Waals surface area contributed by atoms with Gasteiger partial charge in [0.1, 0.15) is 0 Å². The molecule has 3 fully saturated rings. The second-order valence-electron chi connectivity index (χ2n) is 12.0. The van der Waals surface area contributed by atoms with Crippen LogP contribution < -0.4 is 0 Å². The highest BCUT2D eigenvalue weighted by molar-refractivity contribution is 4.90. The zero-order valence-electron chi connectivity index (χ0n) is 21.8. The normalized spacial score (nSPS) is 38.8. The van der Waals surface area contributed by atoms with Crippen LogP contribution in [0.2, 0.25) is 0 Å². The van der Waals surface area contributed by atoms with Crippen molar-refractivity contribution < 1.29 is 18.3 Å². The highest BCUT2D eigenvalue weighted by Crippen LogP contribution is 2.34. The van der Waals surface area contributed by atoms with Crippen molar-refractivity contribution in [2.75, 3.05) is 13.2 Å². The van der Waals surface area contributed by atoms with Crippen LogP contribution >= 0.6 is 0 Å². The molecule has 0 bridgehead atoms. The standard InChI is InChI=1S/C29H52F2O2/c1-4-6-24(8-5-7-23-13-9-21(2)10-14-23)19-32-26-17-18-27(29(31)28(26)30)33-20-25-15-11-22(3)12-16-25/h21-29H,4-20H2,1-3H3. The first-order valence-electron chi connectivity index (χ1n) is 14.5. The van der Waals surface area contributed by atoms with E-state index in [2.05, 4.69) is 20.8 Å². The van der Waals surface area contributed by atoms with E-state index in [1.807, 2.05) is 0 Å². The first-order chi connectivity index (χ1) is 16.0. The molecule has 3 aliphatic carbocycles. The Morgan fingerprint density at radius 2 is 1.24 bits per heavy atom. The predicted octanol–water partition coefficient (Wildman–Crippen LogP) is 8.47. The van der Waals surface area contributed by atoms with E-state index in [1.54, 1.807) is 0 Å². The number of alkyl halides is 2. The van der Waals surface area contributed by atoms with E-state index in [1.165, 1.54) is 51.4 Å². The maximum absolute atomic E-state index is 14.9. The van der Waals surface area contributed by atoms with Crippen molar-refractivity contribution in [1.29, 1.82) is 0 Å². The Balaban J connectivity index is 1.34. The summed E-state index contributed by atoms with van der Waals surface area (Å²) in [4.78, 5) is 0. The van der Waals surface area contributed by atoms with E-state index in [0.717, 1.165) is 49.9 Å². The molecule has 33 heavy (non-hydrogen) atoms. The van der Waals surface area contributed by atoms with Gasteiger partial charge in [-0.25, -0.2) is 8.78 Å². The SMILES string of the molecule is CCCC(CCCC1CCC(C)CC1)COC1CCC(OCC2CCC(C)CC2)C(F)C1F. The van der Waals surface area contributed by atoms with E-state index in [-0.39, 0.29) is 0 Å². The quantitative estimate of drug-likeness (QED) is 0.285. The second-order valence-corrected chi connectivity index (χ2v) is 12.0. The van der Waals surface area contributed by atoms with Crippen LogP contribution in [0.3, 0.4) is 0 Å². The van der Waals surface area contributed by atoms with Gasteiger partial charge in [0.2, 0.25) is 0 Å². The Morgan fingerprint density at radius 1 is 0.697 bits per heavy atom. The van der Waals surface area contributed by atoms with Crippen molar-refractivity contribution >= 4 is 0 Å². The molecule has 3 aliphatic rings. The van der Waals surface area contributed by atoms with E-state index in [9.17, 15) is 8.78 Å². The van der Waals surface area contributed by atoms with Gasteiger partial charge in [0.25, 0.3) is 0 Å². The molecule has 0 saturated heterocycles. The Hall–Kier alpha value is -0.220. The van der Waals surface area contributed by atoms with Crippen molar-refractivity contribution in [3.05, 3.63) is 0 Å². The Kier molecular flexibility index (Phi) is 11.9. The molecule has 0 spiro atoms. The van der Waals surface area contributed by atoms with Crippen LogP contribution in [-0.2, 0) is 9.47 Å². The van der Waals surface area contributed by atoms with Crippen LogP contribution in [0.25, 0.3) is 0 Å². The predicted molar refractivity (Wildman–Crippen MR) is 133 cm³/mol. The molecule has 0 N–H and O–H groups in total. The summed E-state index contributed by atoms with van der Waals surface area (Å²) in [5.41, 5.74) is 0. The smallest absolute Gasteiger partial charge is 0.160 e. The van der Waals surface area contributed by atoms with Crippen LogP contribution in [0.5, 0.6) is 0 Å². The van der Waals surface area contributed by atoms with Gasteiger partial charge in [0.15, 0.2) is 12.3 Å². The lowest BCUT2D eigenvalue weighted by molar-refractivity contribution is -0.128. The molecule has 4 heteroatoms. The number of rotatable bonds is 12. The fourth-order valence-electron chi connectivity index (χ4n) is 6.45. The maximum atomic E-state index is 14.9. The Labute approximate surface area is 202 Å². The molecule has 0 amide bonds. The lowest BCUT2D eigenvalue weighted by Gasteiger charge is -2.36. The number of hydrogen-bond donors (Lipinski definition) is 0. The van der Waals surface area contributed by atoms with Gasteiger partial charge in [-0.2, -0.15) is 0 Å². The summed E-state index contributed by atoms with van der Waals surface area (Å²) in [5.74, 6) is 3.61. The molecule has 0 aromatic heterocycles. The van der Waals surface area contributed by atoms with Gasteiger partial charge in [0.05, 0.1) is 12.2 Å². The second kappa shape index (κ2) is 14.4. The summed E-state index contributed by atoms with van der Waals surface area (Å²) >= 11 is 0. The van der Waals surface area contributed by atoms with Crippen LogP contribution in [-0.4, -0.2) is 37.8 Å². The largest absolute Gasteiger partial charge is 0.375 e. The fourth-order valence-corrected chi connectivity index (χ4v) is 6.45. The molecule has 194 valence electrons. The highest BCUT2D eigenvalue weighted by atomic mass is 19.2. The van der Waals surface area contributed by atoms with E-state index >= 15 is 0 Å². The van der Waals surface area contributed by atoms with E-state index in [0.29, 0.717) is 37.9 Å². The minimum Gasteiger partial charge on any atom is -0.375 e. The lowest BCUT2D eigenvalue weighted by Crippen LogP contribution is -2.47. The average molecular weight is 471 g/mol. The van der Waals surface area contributed by atoms with Crippen LogP contribution in [0.1, 0.15) is 117 Å². The topological polar surface area (TPSA) is 18.5 Å². The summed E-state index contributed by atoms with van der Waals surface area (Å²) in [5, 5.41) is 0. The number of halogens is 2. The van der Waals surface area contributed by atoms with Crippen molar-refractivity contribution in [2.45, 2.75) is 142 Å². The van der Waals surface area contributed by atoms with Gasteiger partial charge in [0, 0.05) is 13.2 Å². The van der Waals surface area contributed by atoms with Gasteiger partial charge >= 0.3 is 0 Å². The van der Waals surface area contributed by atoms with Gasteiger partial charge in [-0.15, -0.1) is 0 Å². The van der Waals surface area contributed by atoms with Crippen molar-refractivity contribution in [2.24, 2.45) is 29.6 Å². The maximum Gasteiger partial charge on any atom is 0.160 e. The lowest BCUT2D eigenvalue weighted by atomic mass is 9.80. The molecular formula is C29H52F2O2. The first kappa shape index (κ1) is 27.4. The zero-order chi connectivity index (χ0) is 23.6. The summed E-state index contributed by atoms with van der Waals surface area (Å²) in [6, 6.07) is 0. The summed E-state index contributed by atoms with van der Waals surface area (Å²) in [6.07, 6.45) is 13.2. The zero-order valence-corrected chi connectivity index (χ0v) is 21.8. The number of ether oxygens (including phenoxy) is 2. The van der Waals surface area contributed by atoms with E-state index in [4.69, 9.17) is 9.47 Å².